The Bertz CT molecular complexity index is 862. The zero-order valence-electron chi connectivity index (χ0n) is 15.1. The summed E-state index contributed by atoms with van der Waals surface area (Å²) in [5.41, 5.74) is 0.608. The normalized spacial score (nSPS) is 11.6. The molecule has 26 heavy (non-hydrogen) atoms. The Kier molecular flexibility index (Phi) is 6.46. The Balaban J connectivity index is 2.11. The SMILES string of the molecule is COc1ccc(/C=N/NS(=O)(=O)c2ccc(OC(C)C)cc2)c(OC)c1. The second-order valence-electron chi connectivity index (χ2n) is 5.60. The third-order valence-electron chi connectivity index (χ3n) is 3.32. The summed E-state index contributed by atoms with van der Waals surface area (Å²) in [7, 11) is -0.716. The van der Waals surface area contributed by atoms with Crippen molar-refractivity contribution in [1.29, 1.82) is 0 Å². The maximum atomic E-state index is 12.3. The number of methoxy groups -OCH3 is 2. The second-order valence-corrected chi connectivity index (χ2v) is 7.26. The van der Waals surface area contributed by atoms with Crippen LogP contribution in [-0.4, -0.2) is 35.0 Å². The van der Waals surface area contributed by atoms with Gasteiger partial charge in [-0.3, -0.25) is 0 Å². The summed E-state index contributed by atoms with van der Waals surface area (Å²) in [4.78, 5) is 2.27. The van der Waals surface area contributed by atoms with Gasteiger partial charge >= 0.3 is 0 Å². The molecule has 0 unspecified atom stereocenters. The molecule has 0 aromatic heterocycles. The Hall–Kier alpha value is -2.74. The minimum atomic E-state index is -3.78. The van der Waals surface area contributed by atoms with Crippen LogP contribution in [0.1, 0.15) is 19.4 Å². The molecule has 2 aromatic rings. The Morgan fingerprint density at radius 1 is 1.00 bits per heavy atom. The van der Waals surface area contributed by atoms with Crippen LogP contribution in [0.15, 0.2) is 52.5 Å². The molecule has 0 atom stereocenters. The minimum absolute atomic E-state index is 0.0136. The summed E-state index contributed by atoms with van der Waals surface area (Å²) in [6.07, 6.45) is 1.38. The van der Waals surface area contributed by atoms with Gasteiger partial charge in [-0.1, -0.05) is 0 Å². The van der Waals surface area contributed by atoms with Crippen LogP contribution < -0.4 is 19.0 Å². The zero-order valence-corrected chi connectivity index (χ0v) is 15.9. The molecular weight excluding hydrogens is 356 g/mol. The molecule has 0 aliphatic heterocycles. The fourth-order valence-corrected chi connectivity index (χ4v) is 2.90. The molecule has 7 nitrogen and oxygen atoms in total. The summed E-state index contributed by atoms with van der Waals surface area (Å²) in [5, 5.41) is 3.81. The van der Waals surface area contributed by atoms with Gasteiger partial charge in [-0.25, -0.2) is 4.83 Å². The van der Waals surface area contributed by atoms with E-state index in [0.29, 0.717) is 22.8 Å². The molecule has 0 amide bonds. The van der Waals surface area contributed by atoms with Gasteiger partial charge in [-0.15, -0.1) is 0 Å². The lowest BCUT2D eigenvalue weighted by Gasteiger charge is -2.10. The average molecular weight is 378 g/mol. The van der Waals surface area contributed by atoms with Gasteiger partial charge in [0, 0.05) is 11.6 Å². The van der Waals surface area contributed by atoms with E-state index in [9.17, 15) is 8.42 Å². The number of hydrogen-bond acceptors (Lipinski definition) is 6. The number of hydrogen-bond donors (Lipinski definition) is 1. The fourth-order valence-electron chi connectivity index (χ4n) is 2.11. The molecule has 0 aliphatic rings. The minimum Gasteiger partial charge on any atom is -0.497 e. The van der Waals surface area contributed by atoms with Crippen molar-refractivity contribution < 1.29 is 22.6 Å². The molecule has 140 valence electrons. The van der Waals surface area contributed by atoms with Crippen LogP contribution in [0.25, 0.3) is 0 Å². The van der Waals surface area contributed by atoms with Crippen molar-refractivity contribution in [2.45, 2.75) is 24.8 Å². The number of sulfonamides is 1. The highest BCUT2D eigenvalue weighted by Crippen LogP contribution is 2.23. The first-order valence-electron chi connectivity index (χ1n) is 7.89. The van der Waals surface area contributed by atoms with Gasteiger partial charge < -0.3 is 14.2 Å². The molecule has 0 bridgehead atoms. The molecule has 0 spiro atoms. The molecule has 0 radical (unpaired) electrons. The van der Waals surface area contributed by atoms with Crippen molar-refractivity contribution in [2.75, 3.05) is 14.2 Å². The fraction of sp³-hybridized carbons (Fsp3) is 0.278. The van der Waals surface area contributed by atoms with Crippen LogP contribution in [0, 0.1) is 0 Å². The Labute approximate surface area is 153 Å². The van der Waals surface area contributed by atoms with Gasteiger partial charge in [-0.2, -0.15) is 13.5 Å². The standard InChI is InChI=1S/C18H22N2O5S/c1-13(2)25-15-7-9-17(10-8-15)26(21,22)20-19-12-14-5-6-16(23-3)11-18(14)24-4/h5-13,20H,1-4H3/b19-12+. The van der Waals surface area contributed by atoms with E-state index in [2.05, 4.69) is 9.93 Å². The zero-order chi connectivity index (χ0) is 19.2. The maximum absolute atomic E-state index is 12.3. The lowest BCUT2D eigenvalue weighted by atomic mass is 10.2. The summed E-state index contributed by atoms with van der Waals surface area (Å²) < 4.78 is 40.4. The van der Waals surface area contributed by atoms with Gasteiger partial charge in [0.25, 0.3) is 10.0 Å². The van der Waals surface area contributed by atoms with E-state index in [1.807, 2.05) is 13.8 Å². The lowest BCUT2D eigenvalue weighted by Crippen LogP contribution is -2.18. The van der Waals surface area contributed by atoms with E-state index >= 15 is 0 Å². The van der Waals surface area contributed by atoms with E-state index < -0.39 is 10.0 Å². The third kappa shape index (κ3) is 5.13. The molecule has 0 fully saturated rings. The van der Waals surface area contributed by atoms with Crippen molar-refractivity contribution in [2.24, 2.45) is 5.10 Å². The highest BCUT2D eigenvalue weighted by atomic mass is 32.2. The predicted molar refractivity (Wildman–Crippen MR) is 99.7 cm³/mol. The molecule has 0 saturated carbocycles. The summed E-state index contributed by atoms with van der Waals surface area (Å²) >= 11 is 0. The van der Waals surface area contributed by atoms with Crippen LogP contribution in [0.5, 0.6) is 17.2 Å². The molecule has 8 heteroatoms. The Morgan fingerprint density at radius 3 is 2.23 bits per heavy atom. The lowest BCUT2D eigenvalue weighted by molar-refractivity contribution is 0.242. The smallest absolute Gasteiger partial charge is 0.276 e. The van der Waals surface area contributed by atoms with Gasteiger partial charge in [0.15, 0.2) is 0 Å². The first-order chi connectivity index (χ1) is 12.4. The van der Waals surface area contributed by atoms with Crippen LogP contribution in [0.3, 0.4) is 0 Å². The third-order valence-corrected chi connectivity index (χ3v) is 4.56. The van der Waals surface area contributed by atoms with Crippen molar-refractivity contribution in [3.05, 3.63) is 48.0 Å². The quantitative estimate of drug-likeness (QED) is 0.564. The molecule has 0 saturated heterocycles. The Morgan fingerprint density at radius 2 is 1.65 bits per heavy atom. The van der Waals surface area contributed by atoms with E-state index in [1.165, 1.54) is 25.5 Å². The number of hydrazone groups is 1. The first-order valence-corrected chi connectivity index (χ1v) is 9.37. The maximum Gasteiger partial charge on any atom is 0.276 e. The molecule has 1 N–H and O–H groups in total. The van der Waals surface area contributed by atoms with E-state index in [1.54, 1.807) is 37.4 Å². The van der Waals surface area contributed by atoms with Crippen LogP contribution >= 0.6 is 0 Å². The topological polar surface area (TPSA) is 86.2 Å². The van der Waals surface area contributed by atoms with Crippen molar-refractivity contribution in [3.8, 4) is 17.2 Å². The van der Waals surface area contributed by atoms with Gasteiger partial charge in [-0.05, 0) is 50.2 Å². The van der Waals surface area contributed by atoms with Gasteiger partial charge in [0.2, 0.25) is 0 Å². The van der Waals surface area contributed by atoms with E-state index in [0.717, 1.165) is 0 Å². The van der Waals surface area contributed by atoms with Gasteiger partial charge in [0.05, 0.1) is 31.4 Å². The van der Waals surface area contributed by atoms with Crippen LogP contribution in [0.4, 0.5) is 0 Å². The van der Waals surface area contributed by atoms with Crippen LogP contribution in [0.2, 0.25) is 0 Å². The summed E-state index contributed by atoms with van der Waals surface area (Å²) in [6, 6.07) is 11.3. The number of rotatable bonds is 8. The van der Waals surface area contributed by atoms with Crippen molar-refractivity contribution >= 4 is 16.2 Å². The number of nitrogens with zero attached hydrogens (tertiary/aromatic N) is 1. The number of nitrogens with one attached hydrogen (secondary N) is 1. The van der Waals surface area contributed by atoms with Crippen LogP contribution in [-0.2, 0) is 10.0 Å². The number of benzene rings is 2. The predicted octanol–water partition coefficient (Wildman–Crippen LogP) is 2.80. The van der Waals surface area contributed by atoms with Crippen molar-refractivity contribution in [3.63, 3.8) is 0 Å². The highest BCUT2D eigenvalue weighted by molar-refractivity contribution is 7.89. The summed E-state index contributed by atoms with van der Waals surface area (Å²) in [6.45, 7) is 3.79. The average Bonchev–Trinajstić information content (AvgIpc) is 2.61. The largest absolute Gasteiger partial charge is 0.497 e. The van der Waals surface area contributed by atoms with E-state index in [-0.39, 0.29) is 11.0 Å². The molecule has 0 heterocycles. The molecule has 0 aliphatic carbocycles. The highest BCUT2D eigenvalue weighted by Gasteiger charge is 2.13. The second kappa shape index (κ2) is 8.57. The summed E-state index contributed by atoms with van der Waals surface area (Å²) in [5.74, 6) is 1.75. The molecular formula is C18H22N2O5S. The van der Waals surface area contributed by atoms with E-state index in [4.69, 9.17) is 14.2 Å². The van der Waals surface area contributed by atoms with Crippen molar-refractivity contribution in [1.82, 2.24) is 4.83 Å². The molecule has 2 aromatic carbocycles. The first kappa shape index (κ1) is 19.6. The monoisotopic (exact) mass is 378 g/mol. The van der Waals surface area contributed by atoms with Gasteiger partial charge in [0.1, 0.15) is 17.2 Å². The number of ether oxygens (including phenoxy) is 3. The molecule has 2 rings (SSSR count).